The van der Waals surface area contributed by atoms with E-state index in [9.17, 15) is 19.8 Å². The molecule has 0 saturated carbocycles. The maximum atomic E-state index is 11.6. The molecule has 6 heteroatoms. The summed E-state index contributed by atoms with van der Waals surface area (Å²) in [6, 6.07) is -1.36. The second-order valence-corrected chi connectivity index (χ2v) is 6.00. The molecule has 0 radical (unpaired) electrons. The van der Waals surface area contributed by atoms with Gasteiger partial charge in [0, 0.05) is 0 Å². The third-order valence-electron chi connectivity index (χ3n) is 3.07. The number of carboxylic acids is 1. The van der Waals surface area contributed by atoms with Crippen LogP contribution in [-0.4, -0.2) is 40.0 Å². The van der Waals surface area contributed by atoms with Crippen LogP contribution in [0.2, 0.25) is 0 Å². The van der Waals surface area contributed by atoms with Crippen molar-refractivity contribution >= 4 is 12.1 Å². The van der Waals surface area contributed by atoms with Gasteiger partial charge in [0.1, 0.15) is 5.60 Å². The molecule has 3 N–H and O–H groups in total. The number of hydrogen-bond donors (Lipinski definition) is 3. The average Bonchev–Trinajstić information content (AvgIpc) is 2.34. The van der Waals surface area contributed by atoms with Gasteiger partial charge in [0.15, 0.2) is 6.04 Å². The number of alkyl carbamates (subject to hydrolysis) is 1. The Morgan fingerprint density at radius 2 is 2.00 bits per heavy atom. The topological polar surface area (TPSA) is 95.9 Å². The van der Waals surface area contributed by atoms with E-state index in [4.69, 9.17) is 4.74 Å². The first kappa shape index (κ1) is 16.5. The van der Waals surface area contributed by atoms with Gasteiger partial charge in [0.25, 0.3) is 0 Å². The molecule has 1 aliphatic carbocycles. The van der Waals surface area contributed by atoms with Gasteiger partial charge in [-0.25, -0.2) is 9.59 Å². The lowest BCUT2D eigenvalue weighted by Gasteiger charge is -2.29. The zero-order valence-electron chi connectivity index (χ0n) is 12.1. The molecule has 0 aromatic rings. The average molecular weight is 285 g/mol. The molecule has 3 atom stereocenters. The van der Waals surface area contributed by atoms with Crippen molar-refractivity contribution in [1.29, 1.82) is 0 Å². The molecule has 0 aromatic carbocycles. The van der Waals surface area contributed by atoms with Crippen molar-refractivity contribution < 1.29 is 24.5 Å². The summed E-state index contributed by atoms with van der Waals surface area (Å²) < 4.78 is 5.02. The fraction of sp³-hybridized carbons (Fsp3) is 0.714. The van der Waals surface area contributed by atoms with E-state index >= 15 is 0 Å². The standard InChI is InChI=1S/C14H23NO5/c1-14(2,3)20-13(19)15-10(12(17)18)11(16)9-7-5-4-6-8-9/h4-5,9-11,16H,6-8H2,1-3H3,(H,15,19)(H,17,18)/t9?,10-,11-/m1/s1. The van der Waals surface area contributed by atoms with Crippen molar-refractivity contribution in [2.45, 2.75) is 57.8 Å². The molecule has 0 saturated heterocycles. The van der Waals surface area contributed by atoms with Crippen molar-refractivity contribution in [3.63, 3.8) is 0 Å². The molecule has 6 nitrogen and oxygen atoms in total. The van der Waals surface area contributed by atoms with E-state index in [0.717, 1.165) is 6.42 Å². The highest BCUT2D eigenvalue weighted by molar-refractivity contribution is 5.80. The number of aliphatic hydroxyl groups excluding tert-OH is 1. The molecule has 1 aliphatic rings. The van der Waals surface area contributed by atoms with Crippen LogP contribution >= 0.6 is 0 Å². The van der Waals surface area contributed by atoms with Crippen molar-refractivity contribution in [1.82, 2.24) is 5.32 Å². The lowest BCUT2D eigenvalue weighted by molar-refractivity contribution is -0.143. The molecule has 1 amide bonds. The Labute approximate surface area is 118 Å². The molecule has 0 bridgehead atoms. The van der Waals surface area contributed by atoms with Crippen LogP contribution in [0.25, 0.3) is 0 Å². The molecule has 0 aromatic heterocycles. The third kappa shape index (κ3) is 5.21. The van der Waals surface area contributed by atoms with E-state index < -0.39 is 29.8 Å². The van der Waals surface area contributed by atoms with Gasteiger partial charge >= 0.3 is 12.1 Å². The van der Waals surface area contributed by atoms with Gasteiger partial charge in [-0.15, -0.1) is 0 Å². The number of rotatable bonds is 4. The maximum absolute atomic E-state index is 11.6. The minimum atomic E-state index is -1.36. The Kier molecular flexibility index (Phi) is 5.56. The highest BCUT2D eigenvalue weighted by atomic mass is 16.6. The van der Waals surface area contributed by atoms with Crippen molar-refractivity contribution in [2.75, 3.05) is 0 Å². The summed E-state index contributed by atoms with van der Waals surface area (Å²) >= 11 is 0. The summed E-state index contributed by atoms with van der Waals surface area (Å²) in [5.74, 6) is -1.44. The van der Waals surface area contributed by atoms with Crippen LogP contribution < -0.4 is 5.32 Å². The first-order valence-corrected chi connectivity index (χ1v) is 6.76. The number of nitrogens with one attached hydrogen (secondary N) is 1. The number of carboxylic acid groups (broad SMARTS) is 1. The zero-order valence-corrected chi connectivity index (χ0v) is 12.1. The van der Waals surface area contributed by atoms with Gasteiger partial charge in [-0.2, -0.15) is 0 Å². The number of allylic oxidation sites excluding steroid dienone is 2. The predicted molar refractivity (Wildman–Crippen MR) is 73.3 cm³/mol. The first-order chi connectivity index (χ1) is 9.20. The lowest BCUT2D eigenvalue weighted by atomic mass is 9.86. The molecule has 1 rings (SSSR count). The van der Waals surface area contributed by atoms with E-state index in [1.807, 2.05) is 12.2 Å². The number of hydrogen-bond acceptors (Lipinski definition) is 4. The Morgan fingerprint density at radius 1 is 1.35 bits per heavy atom. The summed E-state index contributed by atoms with van der Waals surface area (Å²) in [4.78, 5) is 22.9. The van der Waals surface area contributed by atoms with Crippen molar-refractivity contribution in [2.24, 2.45) is 5.92 Å². The van der Waals surface area contributed by atoms with Gasteiger partial charge in [0.05, 0.1) is 6.10 Å². The zero-order chi connectivity index (χ0) is 15.3. The fourth-order valence-electron chi connectivity index (χ4n) is 2.13. The van der Waals surface area contributed by atoms with Crippen LogP contribution in [0.5, 0.6) is 0 Å². The van der Waals surface area contributed by atoms with Crippen LogP contribution in [0.3, 0.4) is 0 Å². The van der Waals surface area contributed by atoms with Gasteiger partial charge < -0.3 is 20.3 Å². The monoisotopic (exact) mass is 285 g/mol. The Bertz CT molecular complexity index is 386. The summed E-state index contributed by atoms with van der Waals surface area (Å²) in [7, 11) is 0. The van der Waals surface area contributed by atoms with E-state index in [2.05, 4.69) is 5.32 Å². The second kappa shape index (κ2) is 6.74. The number of amides is 1. The van der Waals surface area contributed by atoms with Crippen LogP contribution in [-0.2, 0) is 9.53 Å². The molecule has 0 fully saturated rings. The fourth-order valence-corrected chi connectivity index (χ4v) is 2.13. The normalized spacial score (nSPS) is 21.9. The van der Waals surface area contributed by atoms with Gasteiger partial charge in [-0.3, -0.25) is 0 Å². The smallest absolute Gasteiger partial charge is 0.408 e. The SMILES string of the molecule is CC(C)(C)OC(=O)N[C@@H](C(=O)O)[C@H](O)C1CC=CCC1. The minimum Gasteiger partial charge on any atom is -0.480 e. The van der Waals surface area contributed by atoms with Crippen LogP contribution in [0.1, 0.15) is 40.0 Å². The molecular formula is C14H23NO5. The van der Waals surface area contributed by atoms with Crippen LogP contribution in [0.4, 0.5) is 4.79 Å². The Morgan fingerprint density at radius 3 is 2.45 bits per heavy atom. The van der Waals surface area contributed by atoms with Crippen LogP contribution in [0, 0.1) is 5.92 Å². The van der Waals surface area contributed by atoms with E-state index in [0.29, 0.717) is 12.8 Å². The molecule has 1 unspecified atom stereocenters. The third-order valence-corrected chi connectivity index (χ3v) is 3.07. The molecule has 0 spiro atoms. The quantitative estimate of drug-likeness (QED) is 0.683. The maximum Gasteiger partial charge on any atom is 0.408 e. The van der Waals surface area contributed by atoms with Gasteiger partial charge in [0.2, 0.25) is 0 Å². The van der Waals surface area contributed by atoms with Crippen LogP contribution in [0.15, 0.2) is 12.2 Å². The summed E-state index contributed by atoms with van der Waals surface area (Å²) in [5, 5.41) is 21.6. The van der Waals surface area contributed by atoms with Gasteiger partial charge in [-0.05, 0) is 46.0 Å². The predicted octanol–water partition coefficient (Wildman–Crippen LogP) is 1.68. The second-order valence-electron chi connectivity index (χ2n) is 6.00. The van der Waals surface area contributed by atoms with Gasteiger partial charge in [-0.1, -0.05) is 12.2 Å². The highest BCUT2D eigenvalue weighted by Gasteiger charge is 2.35. The summed E-state index contributed by atoms with van der Waals surface area (Å²) in [6.07, 6.45) is 4.07. The molecule has 20 heavy (non-hydrogen) atoms. The molecule has 0 aliphatic heterocycles. The van der Waals surface area contributed by atoms with Crippen molar-refractivity contribution in [3.8, 4) is 0 Å². The number of carbonyl (C=O) groups excluding carboxylic acids is 1. The molecule has 0 heterocycles. The Hall–Kier alpha value is -1.56. The first-order valence-electron chi connectivity index (χ1n) is 6.76. The largest absolute Gasteiger partial charge is 0.480 e. The Balaban J connectivity index is 2.66. The number of aliphatic hydroxyl groups is 1. The van der Waals surface area contributed by atoms with E-state index in [1.165, 1.54) is 0 Å². The van der Waals surface area contributed by atoms with E-state index in [1.54, 1.807) is 20.8 Å². The number of ether oxygens (including phenoxy) is 1. The highest BCUT2D eigenvalue weighted by Crippen LogP contribution is 2.23. The van der Waals surface area contributed by atoms with E-state index in [-0.39, 0.29) is 5.92 Å². The lowest BCUT2D eigenvalue weighted by Crippen LogP contribution is -2.52. The minimum absolute atomic E-state index is 0.170. The number of aliphatic carboxylic acids is 1. The number of carbonyl (C=O) groups is 2. The van der Waals surface area contributed by atoms with Crippen molar-refractivity contribution in [3.05, 3.63) is 12.2 Å². The summed E-state index contributed by atoms with van der Waals surface area (Å²) in [6.45, 7) is 5.06. The molecular weight excluding hydrogens is 262 g/mol. The molecule has 114 valence electrons. The summed E-state index contributed by atoms with van der Waals surface area (Å²) in [5.41, 5.74) is -0.717.